The van der Waals surface area contributed by atoms with E-state index in [1.807, 2.05) is 18.2 Å². The molecule has 1 rings (SSSR count). The van der Waals surface area contributed by atoms with Gasteiger partial charge in [-0.3, -0.25) is 0 Å². The van der Waals surface area contributed by atoms with Crippen LogP contribution in [0.3, 0.4) is 0 Å². The first-order chi connectivity index (χ1) is 7.84. The SMILES string of the molecule is CCCCCCCCCc1ccccc1O.O.[H-].[H-].[Sr+2]. The van der Waals surface area contributed by atoms with Gasteiger partial charge in [-0.25, -0.2) is 0 Å². The van der Waals surface area contributed by atoms with Gasteiger partial charge in [-0.05, 0) is 24.5 Å². The largest absolute Gasteiger partial charge is 2.00 e. The Kier molecular flexibility index (Phi) is 16.0. The van der Waals surface area contributed by atoms with Crippen LogP contribution in [0.15, 0.2) is 24.3 Å². The molecule has 0 amide bonds. The summed E-state index contributed by atoms with van der Waals surface area (Å²) in [5.74, 6) is 0.452. The molecule has 3 heteroatoms. The van der Waals surface area contributed by atoms with Crippen LogP contribution in [0.1, 0.15) is 60.3 Å². The zero-order valence-electron chi connectivity index (χ0n) is 13.6. The van der Waals surface area contributed by atoms with Crippen LogP contribution in [-0.4, -0.2) is 56.1 Å². The van der Waals surface area contributed by atoms with E-state index >= 15 is 0 Å². The van der Waals surface area contributed by atoms with Gasteiger partial charge < -0.3 is 13.4 Å². The summed E-state index contributed by atoms with van der Waals surface area (Å²) in [6.45, 7) is 2.25. The molecule has 0 aliphatic heterocycles. The number of hydrogen-bond acceptors (Lipinski definition) is 1. The summed E-state index contributed by atoms with van der Waals surface area (Å²) in [5, 5.41) is 9.58. The molecule has 0 fully saturated rings. The number of aryl methyl sites for hydroxylation is 1. The van der Waals surface area contributed by atoms with Crippen molar-refractivity contribution in [2.24, 2.45) is 0 Å². The molecule has 0 heterocycles. The monoisotopic (exact) mass is 328 g/mol. The number of benzene rings is 1. The summed E-state index contributed by atoms with van der Waals surface area (Å²) in [7, 11) is 0. The van der Waals surface area contributed by atoms with Crippen LogP contribution in [0.2, 0.25) is 0 Å². The van der Waals surface area contributed by atoms with Crippen LogP contribution in [-0.2, 0) is 6.42 Å². The molecule has 0 saturated carbocycles. The quantitative estimate of drug-likeness (QED) is 0.574. The van der Waals surface area contributed by atoms with Gasteiger partial charge in [-0.2, -0.15) is 0 Å². The summed E-state index contributed by atoms with van der Waals surface area (Å²) in [5.41, 5.74) is 1.09. The van der Waals surface area contributed by atoms with Gasteiger partial charge in [0.2, 0.25) is 0 Å². The van der Waals surface area contributed by atoms with Gasteiger partial charge >= 0.3 is 45.5 Å². The molecule has 18 heavy (non-hydrogen) atoms. The molecule has 0 aromatic heterocycles. The van der Waals surface area contributed by atoms with Crippen LogP contribution in [0.25, 0.3) is 0 Å². The normalized spacial score (nSPS) is 9.39. The molecule has 3 N–H and O–H groups in total. The number of phenols is 1. The molecular formula is C15H28O2Sr. The van der Waals surface area contributed by atoms with Gasteiger partial charge in [0.25, 0.3) is 0 Å². The van der Waals surface area contributed by atoms with E-state index < -0.39 is 0 Å². The predicted octanol–water partition coefficient (Wildman–Crippen LogP) is 3.70. The molecule has 1 aromatic carbocycles. The summed E-state index contributed by atoms with van der Waals surface area (Å²) < 4.78 is 0. The molecule has 0 spiro atoms. The minimum absolute atomic E-state index is 0. The Morgan fingerprint density at radius 1 is 0.944 bits per heavy atom. The third kappa shape index (κ3) is 9.40. The summed E-state index contributed by atoms with van der Waals surface area (Å²) in [4.78, 5) is 0. The Labute approximate surface area is 151 Å². The number of rotatable bonds is 8. The van der Waals surface area contributed by atoms with Crippen molar-refractivity contribution in [2.75, 3.05) is 0 Å². The van der Waals surface area contributed by atoms with Crippen molar-refractivity contribution in [3.05, 3.63) is 29.8 Å². The topological polar surface area (TPSA) is 51.7 Å². The molecule has 1 aromatic rings. The predicted molar refractivity (Wildman–Crippen MR) is 81.4 cm³/mol. The maximum Gasteiger partial charge on any atom is 2.00 e. The van der Waals surface area contributed by atoms with Gasteiger partial charge in [-0.15, -0.1) is 0 Å². The Morgan fingerprint density at radius 2 is 1.50 bits per heavy atom. The van der Waals surface area contributed by atoms with Crippen molar-refractivity contribution in [3.63, 3.8) is 0 Å². The smallest absolute Gasteiger partial charge is 1.00 e. The molecule has 0 saturated heterocycles. The third-order valence-corrected chi connectivity index (χ3v) is 3.04. The molecule has 0 atom stereocenters. The molecule has 102 valence electrons. The van der Waals surface area contributed by atoms with Crippen LogP contribution in [0.5, 0.6) is 5.75 Å². The van der Waals surface area contributed by atoms with Crippen molar-refractivity contribution in [3.8, 4) is 5.75 Å². The van der Waals surface area contributed by atoms with Crippen molar-refractivity contribution in [2.45, 2.75) is 58.3 Å². The van der Waals surface area contributed by atoms with Gasteiger partial charge in [0, 0.05) is 0 Å². The first-order valence-electron chi connectivity index (χ1n) is 6.61. The number of aromatic hydroxyl groups is 1. The fourth-order valence-corrected chi connectivity index (χ4v) is 1.99. The van der Waals surface area contributed by atoms with Crippen LogP contribution >= 0.6 is 0 Å². The average molecular weight is 328 g/mol. The number of hydrogen-bond donors (Lipinski definition) is 1. The van der Waals surface area contributed by atoms with Crippen LogP contribution < -0.4 is 0 Å². The minimum Gasteiger partial charge on any atom is -1.00 e. The molecule has 0 aliphatic rings. The van der Waals surface area contributed by atoms with E-state index in [-0.39, 0.29) is 53.8 Å². The van der Waals surface area contributed by atoms with Crippen molar-refractivity contribution in [1.82, 2.24) is 0 Å². The van der Waals surface area contributed by atoms with Gasteiger partial charge in [0.15, 0.2) is 0 Å². The van der Waals surface area contributed by atoms with Crippen molar-refractivity contribution in [1.29, 1.82) is 0 Å². The molecule has 0 aliphatic carbocycles. The molecule has 0 bridgehead atoms. The number of para-hydroxylation sites is 1. The Balaban J connectivity index is -0.000000320. The van der Waals surface area contributed by atoms with Gasteiger partial charge in [0.05, 0.1) is 0 Å². The van der Waals surface area contributed by atoms with Crippen molar-refractivity contribution >= 4 is 45.5 Å². The second kappa shape index (κ2) is 13.9. The third-order valence-electron chi connectivity index (χ3n) is 3.04. The fourth-order valence-electron chi connectivity index (χ4n) is 1.99. The van der Waals surface area contributed by atoms with E-state index in [0.29, 0.717) is 5.75 Å². The average Bonchev–Trinajstić information content (AvgIpc) is 2.30. The van der Waals surface area contributed by atoms with Crippen LogP contribution in [0.4, 0.5) is 0 Å². The van der Waals surface area contributed by atoms with E-state index in [1.54, 1.807) is 6.07 Å². The Hall–Kier alpha value is 0.461. The standard InChI is InChI=1S/C15H24O.H2O.Sr.2H/c1-2-3-4-5-6-7-8-11-14-12-9-10-13-15(14)16;;;;/h9-10,12-13,16H,2-8,11H2,1H3;1H2;;;/q;;+2;2*-1. The van der Waals surface area contributed by atoms with E-state index in [0.717, 1.165) is 12.0 Å². The number of phenolic OH excluding ortho intramolecular Hbond substituents is 1. The van der Waals surface area contributed by atoms with Crippen molar-refractivity contribution < 1.29 is 13.4 Å². The fraction of sp³-hybridized carbons (Fsp3) is 0.600. The molecular weight excluding hydrogens is 300 g/mol. The number of unbranched alkanes of at least 4 members (excludes halogenated alkanes) is 6. The second-order valence-electron chi connectivity index (χ2n) is 4.50. The second-order valence-corrected chi connectivity index (χ2v) is 4.50. The summed E-state index contributed by atoms with van der Waals surface area (Å²) in [6, 6.07) is 7.67. The van der Waals surface area contributed by atoms with E-state index in [1.165, 1.54) is 44.9 Å². The van der Waals surface area contributed by atoms with E-state index in [4.69, 9.17) is 0 Å². The first-order valence-corrected chi connectivity index (χ1v) is 6.61. The maximum atomic E-state index is 9.58. The summed E-state index contributed by atoms with van der Waals surface area (Å²) >= 11 is 0. The maximum absolute atomic E-state index is 9.58. The zero-order chi connectivity index (χ0) is 11.6. The Bertz CT molecular complexity index is 299. The van der Waals surface area contributed by atoms with Gasteiger partial charge in [0.1, 0.15) is 5.75 Å². The van der Waals surface area contributed by atoms with Crippen LogP contribution in [0, 0.1) is 0 Å². The minimum atomic E-state index is 0. The van der Waals surface area contributed by atoms with E-state index in [9.17, 15) is 5.11 Å². The van der Waals surface area contributed by atoms with E-state index in [2.05, 4.69) is 6.92 Å². The molecule has 0 radical (unpaired) electrons. The molecule has 0 unspecified atom stereocenters. The van der Waals surface area contributed by atoms with Gasteiger partial charge in [-0.1, -0.05) is 63.6 Å². The molecule has 2 nitrogen and oxygen atoms in total. The first kappa shape index (κ1) is 20.8. The zero-order valence-corrected chi connectivity index (χ0v) is 15.1. The summed E-state index contributed by atoms with van der Waals surface area (Å²) in [6.07, 6.45) is 10.3. The Morgan fingerprint density at radius 3 is 2.11 bits per heavy atom.